The van der Waals surface area contributed by atoms with Crippen LogP contribution in [0.3, 0.4) is 0 Å². The molecule has 4 fully saturated rings. The van der Waals surface area contributed by atoms with Crippen molar-refractivity contribution >= 4 is 5.97 Å². The van der Waals surface area contributed by atoms with E-state index in [0.717, 1.165) is 56.8 Å². The summed E-state index contributed by atoms with van der Waals surface area (Å²) in [5, 5.41) is 30.4. The molecule has 172 valence electrons. The maximum Gasteiger partial charge on any atom is 0.303 e. The summed E-state index contributed by atoms with van der Waals surface area (Å²) < 4.78 is 0. The van der Waals surface area contributed by atoms with Crippen molar-refractivity contribution in [2.24, 2.45) is 52.8 Å². The van der Waals surface area contributed by atoms with Gasteiger partial charge in [-0.3, -0.25) is 4.79 Å². The van der Waals surface area contributed by atoms with E-state index in [1.54, 1.807) is 0 Å². The van der Waals surface area contributed by atoms with E-state index in [1.807, 2.05) is 0 Å². The first-order valence-corrected chi connectivity index (χ1v) is 12.8. The van der Waals surface area contributed by atoms with E-state index >= 15 is 0 Å². The van der Waals surface area contributed by atoms with Gasteiger partial charge in [-0.1, -0.05) is 33.6 Å². The molecule has 0 aromatic rings. The number of unbranched alkanes of at least 4 members (excludes halogenated alkanes) is 1. The summed E-state index contributed by atoms with van der Waals surface area (Å²) in [5.74, 6) is 4.35. The van der Waals surface area contributed by atoms with Crippen LogP contribution in [0.15, 0.2) is 0 Å². The Hall–Kier alpha value is -0.610. The largest absolute Gasteiger partial charge is 0.481 e. The van der Waals surface area contributed by atoms with Crippen LogP contribution >= 0.6 is 0 Å². The van der Waals surface area contributed by atoms with Crippen molar-refractivity contribution in [2.75, 3.05) is 0 Å². The highest BCUT2D eigenvalue weighted by atomic mass is 16.4. The molecular weight excluding hydrogens is 376 g/mol. The van der Waals surface area contributed by atoms with Crippen molar-refractivity contribution in [3.63, 3.8) is 0 Å². The summed E-state index contributed by atoms with van der Waals surface area (Å²) in [7, 11) is 0. The smallest absolute Gasteiger partial charge is 0.303 e. The molecule has 4 heteroatoms. The maximum atomic E-state index is 11.3. The van der Waals surface area contributed by atoms with Gasteiger partial charge < -0.3 is 15.3 Å². The second-order valence-corrected chi connectivity index (χ2v) is 11.9. The standard InChI is InChI=1S/C26H44O4/c1-15(6-4-5-7-23(29)30)19-8-9-20-24(19)16(2)12-21-25(20)22(28)14-17-13-18(27)10-11-26(17,21)3/h15-22,24-25,27-28H,4-14H2,1-3H3,(H,29,30)/t15-,16-,17+,18-,19+,20-,21+,22-,24-,25+,26+/m1/s1. The Morgan fingerprint density at radius 1 is 1.07 bits per heavy atom. The number of hydrogen-bond donors (Lipinski definition) is 3. The van der Waals surface area contributed by atoms with Crippen molar-refractivity contribution in [3.05, 3.63) is 0 Å². The molecule has 4 saturated carbocycles. The van der Waals surface area contributed by atoms with Gasteiger partial charge in [-0.05, 0) is 104 Å². The Morgan fingerprint density at radius 2 is 1.83 bits per heavy atom. The van der Waals surface area contributed by atoms with Crippen LogP contribution in [0.4, 0.5) is 0 Å². The average Bonchev–Trinajstić information content (AvgIpc) is 3.13. The molecule has 0 aromatic heterocycles. The summed E-state index contributed by atoms with van der Waals surface area (Å²) in [6, 6.07) is 0. The molecule has 0 aromatic carbocycles. The number of carboxylic acids is 1. The number of hydrogen-bond acceptors (Lipinski definition) is 3. The Balaban J connectivity index is 1.46. The van der Waals surface area contributed by atoms with Crippen molar-refractivity contribution in [3.8, 4) is 0 Å². The molecule has 0 bridgehead atoms. The molecule has 0 aliphatic heterocycles. The van der Waals surface area contributed by atoms with Gasteiger partial charge in [0, 0.05) is 6.42 Å². The summed E-state index contributed by atoms with van der Waals surface area (Å²) in [5.41, 5.74) is 0.295. The molecule has 4 rings (SSSR count). The molecule has 3 N–H and O–H groups in total. The van der Waals surface area contributed by atoms with Crippen molar-refractivity contribution in [2.45, 2.75) is 104 Å². The minimum Gasteiger partial charge on any atom is -0.481 e. The molecule has 11 atom stereocenters. The van der Waals surface area contributed by atoms with Crippen LogP contribution in [0.2, 0.25) is 0 Å². The van der Waals surface area contributed by atoms with Crippen molar-refractivity contribution in [1.82, 2.24) is 0 Å². The van der Waals surface area contributed by atoms with Gasteiger partial charge in [0.2, 0.25) is 0 Å². The molecule has 4 aliphatic carbocycles. The Morgan fingerprint density at radius 3 is 2.57 bits per heavy atom. The van der Waals surface area contributed by atoms with Gasteiger partial charge in [0.1, 0.15) is 0 Å². The van der Waals surface area contributed by atoms with Gasteiger partial charge in [0.05, 0.1) is 12.2 Å². The maximum absolute atomic E-state index is 11.3. The molecule has 4 aliphatic rings. The van der Waals surface area contributed by atoms with Gasteiger partial charge in [-0.2, -0.15) is 0 Å². The fourth-order valence-corrected chi connectivity index (χ4v) is 8.98. The Bertz CT molecular complexity index is 620. The summed E-state index contributed by atoms with van der Waals surface area (Å²) in [4.78, 5) is 10.8. The highest BCUT2D eigenvalue weighted by Gasteiger charge is 2.60. The topological polar surface area (TPSA) is 77.8 Å². The fourth-order valence-electron chi connectivity index (χ4n) is 8.98. The average molecular weight is 421 g/mol. The summed E-state index contributed by atoms with van der Waals surface area (Å²) in [6.07, 6.45) is 10.5. The van der Waals surface area contributed by atoms with Gasteiger partial charge in [-0.25, -0.2) is 0 Å². The van der Waals surface area contributed by atoms with Gasteiger partial charge in [0.25, 0.3) is 0 Å². The molecule has 0 amide bonds. The van der Waals surface area contributed by atoms with E-state index in [-0.39, 0.29) is 12.2 Å². The van der Waals surface area contributed by atoms with Crippen LogP contribution in [0.25, 0.3) is 0 Å². The number of carboxylic acid groups (broad SMARTS) is 1. The fraction of sp³-hybridized carbons (Fsp3) is 0.962. The van der Waals surface area contributed by atoms with Gasteiger partial charge in [0.15, 0.2) is 0 Å². The number of aliphatic hydroxyl groups excluding tert-OH is 2. The second kappa shape index (κ2) is 8.73. The van der Waals surface area contributed by atoms with Crippen molar-refractivity contribution in [1.29, 1.82) is 0 Å². The minimum atomic E-state index is -0.677. The minimum absolute atomic E-state index is 0.168. The second-order valence-electron chi connectivity index (χ2n) is 11.9. The zero-order valence-corrected chi connectivity index (χ0v) is 19.3. The van der Waals surface area contributed by atoms with Gasteiger partial charge in [-0.15, -0.1) is 0 Å². The first-order valence-electron chi connectivity index (χ1n) is 12.8. The van der Waals surface area contributed by atoms with Crippen LogP contribution < -0.4 is 0 Å². The number of fused-ring (bicyclic) bond motifs is 5. The van der Waals surface area contributed by atoms with Crippen LogP contribution in [-0.4, -0.2) is 33.5 Å². The van der Waals surface area contributed by atoms with E-state index in [4.69, 9.17) is 5.11 Å². The predicted molar refractivity (Wildman–Crippen MR) is 118 cm³/mol. The number of aliphatic hydroxyl groups is 2. The van der Waals surface area contributed by atoms with Crippen LogP contribution in [-0.2, 0) is 4.79 Å². The Kier molecular flexibility index (Phi) is 6.57. The molecule has 0 spiro atoms. The van der Waals surface area contributed by atoms with Crippen LogP contribution in [0.1, 0.15) is 91.4 Å². The number of rotatable bonds is 6. The zero-order chi connectivity index (χ0) is 21.6. The Labute approximate surface area is 182 Å². The van der Waals surface area contributed by atoms with Crippen LogP contribution in [0, 0.1) is 52.8 Å². The lowest BCUT2D eigenvalue weighted by Gasteiger charge is -2.61. The van der Waals surface area contributed by atoms with E-state index in [2.05, 4.69) is 20.8 Å². The first kappa shape index (κ1) is 22.6. The molecule has 30 heavy (non-hydrogen) atoms. The quantitative estimate of drug-likeness (QED) is 0.522. The van der Waals surface area contributed by atoms with E-state index < -0.39 is 5.97 Å². The zero-order valence-electron chi connectivity index (χ0n) is 19.3. The highest BCUT2D eigenvalue weighted by molar-refractivity contribution is 5.66. The summed E-state index contributed by atoms with van der Waals surface area (Å²) >= 11 is 0. The number of carbonyl (C=O) groups is 1. The predicted octanol–water partition coefficient (Wildman–Crippen LogP) is 5.11. The lowest BCUT2D eigenvalue weighted by atomic mass is 9.44. The lowest BCUT2D eigenvalue weighted by Crippen LogP contribution is -2.58. The third kappa shape index (κ3) is 3.96. The first-order chi connectivity index (χ1) is 14.2. The highest BCUT2D eigenvalue weighted by Crippen LogP contribution is 2.65. The SMILES string of the molecule is C[C@H](CCCCC(=O)O)[C@@H]1CC[C@@H]2[C@@H]1[C@H](C)C[C@H]1[C@H]2[C@H](O)C[C@@H]2C[C@H](O)CC[C@@]21C. The lowest BCUT2D eigenvalue weighted by molar-refractivity contribution is -0.168. The molecule has 0 heterocycles. The third-order valence-electron chi connectivity index (χ3n) is 10.4. The molecule has 0 radical (unpaired) electrons. The van der Waals surface area contributed by atoms with Gasteiger partial charge >= 0.3 is 5.97 Å². The molecule has 0 unspecified atom stereocenters. The third-order valence-corrected chi connectivity index (χ3v) is 10.4. The van der Waals surface area contributed by atoms with Crippen LogP contribution in [0.5, 0.6) is 0 Å². The van der Waals surface area contributed by atoms with Crippen molar-refractivity contribution < 1.29 is 20.1 Å². The van der Waals surface area contributed by atoms with E-state index in [1.165, 1.54) is 19.3 Å². The molecular formula is C26H44O4. The normalized spacial score (nSPS) is 49.0. The number of aliphatic carboxylic acids is 1. The monoisotopic (exact) mass is 420 g/mol. The van der Waals surface area contributed by atoms with E-state index in [0.29, 0.717) is 47.3 Å². The summed E-state index contributed by atoms with van der Waals surface area (Å²) in [6.45, 7) is 7.35. The van der Waals surface area contributed by atoms with E-state index in [9.17, 15) is 15.0 Å². The molecule has 0 saturated heterocycles. The molecule has 4 nitrogen and oxygen atoms in total.